The number of benzene rings is 1. The molecule has 1 aliphatic rings. The Bertz CT molecular complexity index is 526. The van der Waals surface area contributed by atoms with E-state index in [1.54, 1.807) is 12.1 Å². The second-order valence-corrected chi connectivity index (χ2v) is 8.31. The van der Waals surface area contributed by atoms with Crippen molar-refractivity contribution >= 4 is 15.5 Å². The molecular weight excluding hydrogens is 270 g/mol. The third-order valence-electron chi connectivity index (χ3n) is 4.37. The van der Waals surface area contributed by atoms with Gasteiger partial charge in [0.15, 0.2) is 9.84 Å². The van der Waals surface area contributed by atoms with Gasteiger partial charge in [-0.25, -0.2) is 8.42 Å². The first-order chi connectivity index (χ1) is 9.36. The first-order valence-corrected chi connectivity index (χ1v) is 9.32. The van der Waals surface area contributed by atoms with E-state index >= 15 is 0 Å². The van der Waals surface area contributed by atoms with Crippen LogP contribution in [-0.2, 0) is 9.84 Å². The molecule has 0 atom stereocenters. The normalized spacial score (nSPS) is 23.8. The largest absolute Gasteiger partial charge is 0.382 e. The zero-order valence-corrected chi connectivity index (χ0v) is 13.4. The zero-order valence-electron chi connectivity index (χ0n) is 12.6. The molecule has 0 bridgehead atoms. The van der Waals surface area contributed by atoms with Crippen molar-refractivity contribution in [3.05, 3.63) is 24.3 Å². The Morgan fingerprint density at radius 3 is 2.05 bits per heavy atom. The van der Waals surface area contributed by atoms with Gasteiger partial charge in [-0.05, 0) is 61.8 Å². The Balaban J connectivity index is 1.92. The van der Waals surface area contributed by atoms with Crippen LogP contribution in [0.5, 0.6) is 0 Å². The van der Waals surface area contributed by atoms with E-state index in [1.807, 2.05) is 12.1 Å². The maximum absolute atomic E-state index is 11.4. The predicted molar refractivity (Wildman–Crippen MR) is 83.8 cm³/mol. The average Bonchev–Trinajstić information content (AvgIpc) is 2.39. The molecule has 2 rings (SSSR count). The van der Waals surface area contributed by atoms with Gasteiger partial charge in [0.05, 0.1) is 4.90 Å². The predicted octanol–water partition coefficient (Wildman–Crippen LogP) is 3.72. The average molecular weight is 295 g/mol. The van der Waals surface area contributed by atoms with E-state index in [0.717, 1.165) is 17.5 Å². The smallest absolute Gasteiger partial charge is 0.175 e. The molecule has 0 heterocycles. The first-order valence-electron chi connectivity index (χ1n) is 7.43. The summed E-state index contributed by atoms with van der Waals surface area (Å²) < 4.78 is 22.8. The molecule has 1 aromatic carbocycles. The molecule has 0 saturated heterocycles. The van der Waals surface area contributed by atoms with Gasteiger partial charge in [0.1, 0.15) is 0 Å². The van der Waals surface area contributed by atoms with E-state index in [0.29, 0.717) is 10.9 Å². The SMILES string of the molecule is CC(C)C1CCC(Nc2ccc(S(C)(=O)=O)cc2)CC1. The molecule has 1 fully saturated rings. The lowest BCUT2D eigenvalue weighted by Crippen LogP contribution is -2.27. The van der Waals surface area contributed by atoms with E-state index in [4.69, 9.17) is 0 Å². The van der Waals surface area contributed by atoms with Gasteiger partial charge in [-0.3, -0.25) is 0 Å². The quantitative estimate of drug-likeness (QED) is 0.921. The van der Waals surface area contributed by atoms with Crippen LogP contribution in [0, 0.1) is 11.8 Å². The summed E-state index contributed by atoms with van der Waals surface area (Å²) in [6.07, 6.45) is 6.23. The molecule has 20 heavy (non-hydrogen) atoms. The number of nitrogens with one attached hydrogen (secondary N) is 1. The second kappa shape index (κ2) is 6.17. The minimum Gasteiger partial charge on any atom is -0.382 e. The zero-order chi connectivity index (χ0) is 14.8. The highest BCUT2D eigenvalue weighted by Gasteiger charge is 2.23. The monoisotopic (exact) mass is 295 g/mol. The highest BCUT2D eigenvalue weighted by molar-refractivity contribution is 7.90. The van der Waals surface area contributed by atoms with Crippen molar-refractivity contribution < 1.29 is 8.42 Å². The fourth-order valence-electron chi connectivity index (χ4n) is 2.96. The molecule has 4 heteroatoms. The van der Waals surface area contributed by atoms with Crippen molar-refractivity contribution in [2.24, 2.45) is 11.8 Å². The highest BCUT2D eigenvalue weighted by Crippen LogP contribution is 2.31. The van der Waals surface area contributed by atoms with Crippen LogP contribution < -0.4 is 5.32 Å². The fraction of sp³-hybridized carbons (Fsp3) is 0.625. The lowest BCUT2D eigenvalue weighted by Gasteiger charge is -2.31. The highest BCUT2D eigenvalue weighted by atomic mass is 32.2. The summed E-state index contributed by atoms with van der Waals surface area (Å²) in [5.41, 5.74) is 1.02. The Labute approximate surface area is 122 Å². The molecule has 0 radical (unpaired) electrons. The Hall–Kier alpha value is -1.03. The summed E-state index contributed by atoms with van der Waals surface area (Å²) in [7, 11) is -3.10. The van der Waals surface area contributed by atoms with Crippen molar-refractivity contribution in [1.82, 2.24) is 0 Å². The van der Waals surface area contributed by atoms with Crippen LogP contribution in [0.1, 0.15) is 39.5 Å². The van der Waals surface area contributed by atoms with Crippen molar-refractivity contribution in [3.8, 4) is 0 Å². The van der Waals surface area contributed by atoms with Crippen LogP contribution in [0.25, 0.3) is 0 Å². The molecule has 1 N–H and O–H groups in total. The van der Waals surface area contributed by atoms with Gasteiger partial charge in [0.25, 0.3) is 0 Å². The third-order valence-corrected chi connectivity index (χ3v) is 5.50. The molecule has 0 amide bonds. The standard InChI is InChI=1S/C16H25NO2S/c1-12(2)13-4-6-14(7-5-13)17-15-8-10-16(11-9-15)20(3,18)19/h8-14,17H,4-7H2,1-3H3. The minimum atomic E-state index is -3.10. The molecule has 1 aliphatic carbocycles. The molecule has 112 valence electrons. The Kier molecular flexibility index (Phi) is 4.74. The van der Waals surface area contributed by atoms with E-state index < -0.39 is 9.84 Å². The lowest BCUT2D eigenvalue weighted by atomic mass is 9.79. The molecule has 0 spiro atoms. The maximum atomic E-state index is 11.4. The lowest BCUT2D eigenvalue weighted by molar-refractivity contribution is 0.267. The van der Waals surface area contributed by atoms with E-state index in [9.17, 15) is 8.42 Å². The summed E-state index contributed by atoms with van der Waals surface area (Å²) in [6, 6.07) is 7.61. The van der Waals surface area contributed by atoms with E-state index in [2.05, 4.69) is 19.2 Å². The van der Waals surface area contributed by atoms with Crippen molar-refractivity contribution in [2.75, 3.05) is 11.6 Å². The van der Waals surface area contributed by atoms with Crippen LogP contribution in [0.4, 0.5) is 5.69 Å². The van der Waals surface area contributed by atoms with Crippen LogP contribution >= 0.6 is 0 Å². The third kappa shape index (κ3) is 3.98. The maximum Gasteiger partial charge on any atom is 0.175 e. The topological polar surface area (TPSA) is 46.2 Å². The van der Waals surface area contributed by atoms with Crippen LogP contribution in [-0.4, -0.2) is 20.7 Å². The molecular formula is C16H25NO2S. The summed E-state index contributed by atoms with van der Waals surface area (Å²) in [6.45, 7) is 4.62. The molecule has 3 nitrogen and oxygen atoms in total. The van der Waals surface area contributed by atoms with Crippen LogP contribution in [0.3, 0.4) is 0 Å². The fourth-order valence-corrected chi connectivity index (χ4v) is 3.59. The summed E-state index contributed by atoms with van der Waals surface area (Å²) in [5, 5.41) is 3.52. The van der Waals surface area contributed by atoms with E-state index in [1.165, 1.54) is 31.9 Å². The Morgan fingerprint density at radius 2 is 1.60 bits per heavy atom. The number of hydrogen-bond acceptors (Lipinski definition) is 3. The summed E-state index contributed by atoms with van der Waals surface area (Å²) in [4.78, 5) is 0.381. The van der Waals surface area contributed by atoms with E-state index in [-0.39, 0.29) is 0 Å². The number of sulfone groups is 1. The molecule has 1 aromatic rings. The van der Waals surface area contributed by atoms with Crippen molar-refractivity contribution in [3.63, 3.8) is 0 Å². The van der Waals surface area contributed by atoms with Crippen molar-refractivity contribution in [1.29, 1.82) is 0 Å². The van der Waals surface area contributed by atoms with Gasteiger partial charge in [-0.1, -0.05) is 13.8 Å². The molecule has 1 saturated carbocycles. The molecule has 0 aliphatic heterocycles. The minimum absolute atomic E-state index is 0.381. The van der Waals surface area contributed by atoms with Crippen LogP contribution in [0.15, 0.2) is 29.2 Å². The number of hydrogen-bond donors (Lipinski definition) is 1. The second-order valence-electron chi connectivity index (χ2n) is 6.30. The number of anilines is 1. The van der Waals surface area contributed by atoms with Gasteiger partial charge in [-0.15, -0.1) is 0 Å². The van der Waals surface area contributed by atoms with Crippen molar-refractivity contribution in [2.45, 2.75) is 50.5 Å². The first kappa shape index (κ1) is 15.4. The number of rotatable bonds is 4. The molecule has 0 aromatic heterocycles. The van der Waals surface area contributed by atoms with Gasteiger partial charge in [0, 0.05) is 18.0 Å². The van der Waals surface area contributed by atoms with Gasteiger partial charge in [-0.2, -0.15) is 0 Å². The van der Waals surface area contributed by atoms with Gasteiger partial charge in [0.2, 0.25) is 0 Å². The van der Waals surface area contributed by atoms with Gasteiger partial charge < -0.3 is 5.32 Å². The summed E-state index contributed by atoms with van der Waals surface area (Å²) >= 11 is 0. The molecule has 0 unspecified atom stereocenters. The van der Waals surface area contributed by atoms with Crippen LogP contribution in [0.2, 0.25) is 0 Å². The summed E-state index contributed by atoms with van der Waals surface area (Å²) in [5.74, 6) is 1.64. The Morgan fingerprint density at radius 1 is 1.05 bits per heavy atom. The van der Waals surface area contributed by atoms with Gasteiger partial charge >= 0.3 is 0 Å².